The molecular formula is C21H25N3O4. The average molecular weight is 383 g/mol. The van der Waals surface area contributed by atoms with E-state index in [9.17, 15) is 14.9 Å². The highest BCUT2D eigenvalue weighted by Crippen LogP contribution is 2.20. The molecule has 0 aromatic heterocycles. The third-order valence-electron chi connectivity index (χ3n) is 4.87. The van der Waals surface area contributed by atoms with Gasteiger partial charge in [0.1, 0.15) is 0 Å². The van der Waals surface area contributed by atoms with Gasteiger partial charge in [-0.1, -0.05) is 18.2 Å². The van der Waals surface area contributed by atoms with Crippen molar-refractivity contribution in [3.05, 3.63) is 69.8 Å². The molecule has 0 spiro atoms. The van der Waals surface area contributed by atoms with Crippen molar-refractivity contribution in [3.8, 4) is 0 Å². The molecular weight excluding hydrogens is 358 g/mol. The Bertz CT molecular complexity index is 830. The minimum Gasteiger partial charge on any atom is -0.378 e. The SMILES string of the molecule is CN(C)c1ccc(CN(CC2CCCO2)C(=O)c2cccc([N+](=O)[O-])c2)cc1. The van der Waals surface area contributed by atoms with E-state index in [4.69, 9.17) is 4.74 Å². The number of benzene rings is 2. The summed E-state index contributed by atoms with van der Waals surface area (Å²) < 4.78 is 5.71. The molecule has 2 aromatic carbocycles. The quantitative estimate of drug-likeness (QED) is 0.540. The summed E-state index contributed by atoms with van der Waals surface area (Å²) in [6, 6.07) is 13.9. The molecule has 1 aliphatic heterocycles. The lowest BCUT2D eigenvalue weighted by atomic mass is 10.1. The Morgan fingerprint density at radius 3 is 2.57 bits per heavy atom. The maximum Gasteiger partial charge on any atom is 0.270 e. The van der Waals surface area contributed by atoms with Crippen molar-refractivity contribution >= 4 is 17.3 Å². The van der Waals surface area contributed by atoms with Gasteiger partial charge >= 0.3 is 0 Å². The largest absolute Gasteiger partial charge is 0.378 e. The number of nitrogens with zero attached hydrogens (tertiary/aromatic N) is 3. The Kier molecular flexibility index (Phi) is 6.26. The molecule has 2 aromatic rings. The number of nitro groups is 1. The lowest BCUT2D eigenvalue weighted by molar-refractivity contribution is -0.384. The number of nitro benzene ring substituents is 1. The predicted molar refractivity (Wildman–Crippen MR) is 108 cm³/mol. The molecule has 1 fully saturated rings. The van der Waals surface area contributed by atoms with Crippen molar-refractivity contribution < 1.29 is 14.5 Å². The molecule has 0 radical (unpaired) electrons. The van der Waals surface area contributed by atoms with Crippen LogP contribution in [0.2, 0.25) is 0 Å². The molecule has 1 unspecified atom stereocenters. The summed E-state index contributed by atoms with van der Waals surface area (Å²) in [5.74, 6) is -0.226. The van der Waals surface area contributed by atoms with Crippen molar-refractivity contribution in [1.82, 2.24) is 4.90 Å². The van der Waals surface area contributed by atoms with Crippen LogP contribution in [0.15, 0.2) is 48.5 Å². The summed E-state index contributed by atoms with van der Waals surface area (Å²) in [6.07, 6.45) is 1.91. The van der Waals surface area contributed by atoms with Gasteiger partial charge in [-0.2, -0.15) is 0 Å². The highest BCUT2D eigenvalue weighted by atomic mass is 16.6. The molecule has 1 saturated heterocycles. The van der Waals surface area contributed by atoms with E-state index < -0.39 is 4.92 Å². The van der Waals surface area contributed by atoms with Gasteiger partial charge < -0.3 is 14.5 Å². The van der Waals surface area contributed by atoms with Crippen molar-refractivity contribution in [2.45, 2.75) is 25.5 Å². The van der Waals surface area contributed by atoms with Gasteiger partial charge in [0.05, 0.1) is 11.0 Å². The smallest absolute Gasteiger partial charge is 0.270 e. The molecule has 1 atom stereocenters. The van der Waals surface area contributed by atoms with E-state index in [1.165, 1.54) is 12.1 Å². The first-order chi connectivity index (χ1) is 13.4. The molecule has 0 saturated carbocycles. The summed E-state index contributed by atoms with van der Waals surface area (Å²) in [6.45, 7) is 1.60. The van der Waals surface area contributed by atoms with E-state index in [0.29, 0.717) is 25.3 Å². The maximum absolute atomic E-state index is 13.1. The van der Waals surface area contributed by atoms with Crippen LogP contribution in [0.5, 0.6) is 0 Å². The standard InChI is InChI=1S/C21H25N3O4/c1-22(2)18-10-8-16(9-11-18)14-23(15-20-7-4-12-28-20)21(25)17-5-3-6-19(13-17)24(26)27/h3,5-6,8-11,13,20H,4,7,12,14-15H2,1-2H3. The number of non-ortho nitro benzene ring substituents is 1. The summed E-state index contributed by atoms with van der Waals surface area (Å²) in [4.78, 5) is 27.4. The number of rotatable bonds is 7. The Morgan fingerprint density at radius 2 is 1.96 bits per heavy atom. The lowest BCUT2D eigenvalue weighted by Gasteiger charge is -2.26. The normalized spacial score (nSPS) is 16.0. The van der Waals surface area contributed by atoms with Crippen molar-refractivity contribution in [3.63, 3.8) is 0 Å². The fraction of sp³-hybridized carbons (Fsp3) is 0.381. The van der Waals surface area contributed by atoms with Crippen molar-refractivity contribution in [1.29, 1.82) is 0 Å². The highest BCUT2D eigenvalue weighted by molar-refractivity contribution is 5.94. The lowest BCUT2D eigenvalue weighted by Crippen LogP contribution is -2.37. The summed E-state index contributed by atoms with van der Waals surface area (Å²) >= 11 is 0. The van der Waals surface area contributed by atoms with Gasteiger partial charge in [0.25, 0.3) is 11.6 Å². The molecule has 7 nitrogen and oxygen atoms in total. The van der Waals surface area contributed by atoms with E-state index in [2.05, 4.69) is 0 Å². The molecule has 3 rings (SSSR count). The van der Waals surface area contributed by atoms with E-state index in [0.717, 1.165) is 24.1 Å². The zero-order valence-corrected chi connectivity index (χ0v) is 16.2. The number of hydrogen-bond donors (Lipinski definition) is 0. The van der Waals surface area contributed by atoms with Crippen LogP contribution in [0.3, 0.4) is 0 Å². The van der Waals surface area contributed by atoms with Crippen LogP contribution in [0.25, 0.3) is 0 Å². The number of amides is 1. The minimum atomic E-state index is -0.485. The molecule has 0 aliphatic carbocycles. The fourth-order valence-electron chi connectivity index (χ4n) is 3.31. The van der Waals surface area contributed by atoms with Crippen LogP contribution < -0.4 is 4.90 Å². The number of hydrogen-bond acceptors (Lipinski definition) is 5. The van der Waals surface area contributed by atoms with Gasteiger partial charge in [0, 0.05) is 57.2 Å². The third kappa shape index (κ3) is 4.86. The van der Waals surface area contributed by atoms with Crippen LogP contribution >= 0.6 is 0 Å². The van der Waals surface area contributed by atoms with Crippen LogP contribution in [-0.4, -0.2) is 49.1 Å². The van der Waals surface area contributed by atoms with Crippen molar-refractivity contribution in [2.75, 3.05) is 32.1 Å². The molecule has 0 bridgehead atoms. The van der Waals surface area contributed by atoms with E-state index in [1.807, 2.05) is 43.3 Å². The van der Waals surface area contributed by atoms with Gasteiger partial charge in [-0.15, -0.1) is 0 Å². The Morgan fingerprint density at radius 1 is 1.21 bits per heavy atom. The minimum absolute atomic E-state index is 0.00342. The first-order valence-electron chi connectivity index (χ1n) is 9.35. The second-order valence-corrected chi connectivity index (χ2v) is 7.19. The van der Waals surface area contributed by atoms with Gasteiger partial charge in [-0.3, -0.25) is 14.9 Å². The van der Waals surface area contributed by atoms with E-state index in [1.54, 1.807) is 17.0 Å². The zero-order valence-electron chi connectivity index (χ0n) is 16.2. The van der Waals surface area contributed by atoms with Crippen LogP contribution in [0.1, 0.15) is 28.8 Å². The molecule has 0 N–H and O–H groups in total. The Balaban J connectivity index is 1.82. The molecule has 7 heteroatoms. The number of carbonyl (C=O) groups excluding carboxylic acids is 1. The summed E-state index contributed by atoms with van der Waals surface area (Å²) in [7, 11) is 3.95. The summed E-state index contributed by atoms with van der Waals surface area (Å²) in [5, 5.41) is 11.1. The van der Waals surface area contributed by atoms with Crippen LogP contribution in [0.4, 0.5) is 11.4 Å². The van der Waals surface area contributed by atoms with E-state index in [-0.39, 0.29) is 17.7 Å². The maximum atomic E-state index is 13.1. The Hall–Kier alpha value is -2.93. The van der Waals surface area contributed by atoms with Crippen LogP contribution in [-0.2, 0) is 11.3 Å². The number of carbonyl (C=O) groups is 1. The first kappa shape index (κ1) is 19.8. The average Bonchev–Trinajstić information content (AvgIpc) is 3.20. The molecule has 1 amide bonds. The molecule has 1 aliphatic rings. The second-order valence-electron chi connectivity index (χ2n) is 7.19. The monoisotopic (exact) mass is 383 g/mol. The second kappa shape index (κ2) is 8.84. The molecule has 148 valence electrons. The van der Waals surface area contributed by atoms with Crippen molar-refractivity contribution in [2.24, 2.45) is 0 Å². The fourth-order valence-corrected chi connectivity index (χ4v) is 3.31. The van der Waals surface area contributed by atoms with Crippen LogP contribution in [0, 0.1) is 10.1 Å². The molecule has 1 heterocycles. The van der Waals surface area contributed by atoms with Gasteiger partial charge in [0.15, 0.2) is 0 Å². The summed E-state index contributed by atoms with van der Waals surface area (Å²) in [5.41, 5.74) is 2.32. The first-order valence-corrected chi connectivity index (χ1v) is 9.35. The third-order valence-corrected chi connectivity index (χ3v) is 4.87. The number of ether oxygens (including phenoxy) is 1. The molecule has 28 heavy (non-hydrogen) atoms. The zero-order chi connectivity index (χ0) is 20.1. The van der Waals surface area contributed by atoms with Gasteiger partial charge in [0.2, 0.25) is 0 Å². The van der Waals surface area contributed by atoms with Gasteiger partial charge in [-0.05, 0) is 36.6 Å². The van der Waals surface area contributed by atoms with Gasteiger partial charge in [-0.25, -0.2) is 0 Å². The topological polar surface area (TPSA) is 75.9 Å². The highest BCUT2D eigenvalue weighted by Gasteiger charge is 2.24. The predicted octanol–water partition coefficient (Wildman–Crippen LogP) is 3.48. The van der Waals surface area contributed by atoms with E-state index >= 15 is 0 Å². The number of anilines is 1. The Labute approximate surface area is 164 Å².